The first-order valence-corrected chi connectivity index (χ1v) is 7.07. The van der Waals surface area contributed by atoms with E-state index in [0.717, 1.165) is 31.2 Å². The average Bonchev–Trinajstić information content (AvgIpc) is 2.68. The zero-order valence-electron chi connectivity index (χ0n) is 11.5. The largest absolute Gasteiger partial charge is 0.323 e. The van der Waals surface area contributed by atoms with Crippen molar-refractivity contribution in [2.75, 3.05) is 5.32 Å². The average molecular weight is 261 g/mol. The smallest absolute Gasteiger partial charge is 0.232 e. The number of fused-ring (bicyclic) bond motifs is 1. The second kappa shape index (κ2) is 4.32. The summed E-state index contributed by atoms with van der Waals surface area (Å²) in [5, 5.41) is 2.72. The van der Waals surface area contributed by atoms with Crippen LogP contribution < -0.4 is 5.32 Å². The van der Waals surface area contributed by atoms with Crippen molar-refractivity contribution < 1.29 is 9.18 Å². The Morgan fingerprint density at radius 3 is 2.63 bits per heavy atom. The zero-order chi connectivity index (χ0) is 13.6. The van der Waals surface area contributed by atoms with Gasteiger partial charge >= 0.3 is 0 Å². The molecule has 1 N–H and O–H groups in total. The molecule has 1 unspecified atom stereocenters. The highest BCUT2D eigenvalue weighted by molar-refractivity contribution is 6.03. The number of amides is 1. The van der Waals surface area contributed by atoms with Gasteiger partial charge in [-0.05, 0) is 48.6 Å². The van der Waals surface area contributed by atoms with Crippen LogP contribution in [0.25, 0.3) is 0 Å². The molecule has 1 aromatic rings. The molecular weight excluding hydrogens is 241 g/mol. The first kappa shape index (κ1) is 12.6. The second-order valence-corrected chi connectivity index (χ2v) is 6.67. The summed E-state index contributed by atoms with van der Waals surface area (Å²) >= 11 is 0. The summed E-state index contributed by atoms with van der Waals surface area (Å²) in [5.41, 5.74) is 1.65. The van der Waals surface area contributed by atoms with E-state index in [1.165, 1.54) is 6.07 Å². The maximum absolute atomic E-state index is 13.7. The van der Waals surface area contributed by atoms with Gasteiger partial charge in [0, 0.05) is 0 Å². The lowest BCUT2D eigenvalue weighted by molar-refractivity contribution is -0.118. The molecule has 1 aliphatic heterocycles. The molecule has 0 saturated heterocycles. The van der Waals surface area contributed by atoms with Gasteiger partial charge in [-0.1, -0.05) is 26.0 Å². The number of carbonyl (C=O) groups is 1. The molecule has 2 aliphatic rings. The fourth-order valence-corrected chi connectivity index (χ4v) is 3.50. The van der Waals surface area contributed by atoms with Crippen molar-refractivity contribution in [2.24, 2.45) is 11.3 Å². The van der Waals surface area contributed by atoms with Crippen molar-refractivity contribution in [3.63, 3.8) is 0 Å². The lowest BCUT2D eigenvalue weighted by atomic mass is 9.68. The molecule has 1 aromatic carbocycles. The number of halogens is 1. The SMILES string of the molecule is CC1(C)CCC(C2C(=O)Nc3c(F)cccc32)CC1. The second-order valence-electron chi connectivity index (χ2n) is 6.67. The van der Waals surface area contributed by atoms with Gasteiger partial charge in [-0.15, -0.1) is 0 Å². The number of anilines is 1. The number of rotatable bonds is 1. The van der Waals surface area contributed by atoms with E-state index >= 15 is 0 Å². The van der Waals surface area contributed by atoms with Gasteiger partial charge in [0.05, 0.1) is 11.6 Å². The van der Waals surface area contributed by atoms with E-state index in [-0.39, 0.29) is 17.6 Å². The number of carbonyl (C=O) groups excluding carboxylic acids is 1. The number of hydrogen-bond donors (Lipinski definition) is 1. The summed E-state index contributed by atoms with van der Waals surface area (Å²) in [5.74, 6) is -0.132. The summed E-state index contributed by atoms with van der Waals surface area (Å²) in [7, 11) is 0. The predicted molar refractivity (Wildman–Crippen MR) is 73.5 cm³/mol. The maximum atomic E-state index is 13.7. The van der Waals surface area contributed by atoms with Gasteiger partial charge in [-0.25, -0.2) is 4.39 Å². The van der Waals surface area contributed by atoms with Gasteiger partial charge in [0.1, 0.15) is 5.82 Å². The van der Waals surface area contributed by atoms with E-state index in [2.05, 4.69) is 19.2 Å². The molecule has 102 valence electrons. The molecule has 0 bridgehead atoms. The number of benzene rings is 1. The number of para-hydroxylation sites is 1. The molecule has 19 heavy (non-hydrogen) atoms. The predicted octanol–water partition coefficient (Wildman–Crippen LogP) is 4.08. The van der Waals surface area contributed by atoms with Crippen LogP contribution in [0.4, 0.5) is 10.1 Å². The van der Waals surface area contributed by atoms with Gasteiger partial charge in [0.15, 0.2) is 0 Å². The summed E-state index contributed by atoms with van der Waals surface area (Å²) in [6, 6.07) is 5.00. The van der Waals surface area contributed by atoms with Crippen LogP contribution in [0.5, 0.6) is 0 Å². The minimum atomic E-state index is -0.315. The summed E-state index contributed by atoms with van der Waals surface area (Å²) in [6.45, 7) is 4.57. The molecule has 1 saturated carbocycles. The highest BCUT2D eigenvalue weighted by atomic mass is 19.1. The van der Waals surface area contributed by atoms with Crippen molar-refractivity contribution in [1.29, 1.82) is 0 Å². The van der Waals surface area contributed by atoms with Gasteiger partial charge in [0.2, 0.25) is 5.91 Å². The summed E-state index contributed by atoms with van der Waals surface area (Å²) in [4.78, 5) is 12.2. The Morgan fingerprint density at radius 1 is 1.26 bits per heavy atom. The van der Waals surface area contributed by atoms with Crippen molar-refractivity contribution >= 4 is 11.6 Å². The van der Waals surface area contributed by atoms with Gasteiger partial charge in [-0.2, -0.15) is 0 Å². The van der Waals surface area contributed by atoms with E-state index in [9.17, 15) is 9.18 Å². The Kier molecular flexibility index (Phi) is 2.88. The topological polar surface area (TPSA) is 29.1 Å². The Labute approximate surface area is 113 Å². The first-order valence-electron chi connectivity index (χ1n) is 7.07. The summed E-state index contributed by atoms with van der Waals surface area (Å²) < 4.78 is 13.7. The van der Waals surface area contributed by atoms with Gasteiger partial charge < -0.3 is 5.32 Å². The molecule has 1 amide bonds. The Morgan fingerprint density at radius 2 is 1.95 bits per heavy atom. The maximum Gasteiger partial charge on any atom is 0.232 e. The van der Waals surface area contributed by atoms with Crippen LogP contribution in [0.3, 0.4) is 0 Å². The van der Waals surface area contributed by atoms with Crippen LogP contribution >= 0.6 is 0 Å². The van der Waals surface area contributed by atoms with E-state index in [1.807, 2.05) is 6.07 Å². The molecule has 0 aromatic heterocycles. The molecule has 1 atom stereocenters. The van der Waals surface area contributed by atoms with E-state index < -0.39 is 0 Å². The van der Waals surface area contributed by atoms with Crippen LogP contribution in [-0.4, -0.2) is 5.91 Å². The standard InChI is InChI=1S/C16H20FNO/c1-16(2)8-6-10(7-9-16)13-11-4-3-5-12(17)14(11)18-15(13)19/h3-5,10,13H,6-9H2,1-2H3,(H,18,19). The fraction of sp³-hybridized carbons (Fsp3) is 0.562. The lowest BCUT2D eigenvalue weighted by Gasteiger charge is -2.36. The Bertz CT molecular complexity index is 513. The third-order valence-electron chi connectivity index (χ3n) is 4.77. The molecule has 3 rings (SSSR count). The third kappa shape index (κ3) is 2.15. The van der Waals surface area contributed by atoms with Crippen molar-refractivity contribution in [1.82, 2.24) is 0 Å². The Hall–Kier alpha value is -1.38. The monoisotopic (exact) mass is 261 g/mol. The van der Waals surface area contributed by atoms with E-state index in [0.29, 0.717) is 17.0 Å². The van der Waals surface area contributed by atoms with Crippen LogP contribution in [-0.2, 0) is 4.79 Å². The first-order chi connectivity index (χ1) is 8.98. The summed E-state index contributed by atoms with van der Waals surface area (Å²) in [6.07, 6.45) is 4.40. The van der Waals surface area contributed by atoms with Crippen molar-refractivity contribution in [2.45, 2.75) is 45.4 Å². The van der Waals surface area contributed by atoms with Gasteiger partial charge in [0.25, 0.3) is 0 Å². The molecule has 0 radical (unpaired) electrons. The van der Waals surface area contributed by atoms with E-state index in [1.54, 1.807) is 6.07 Å². The quantitative estimate of drug-likeness (QED) is 0.811. The van der Waals surface area contributed by atoms with Crippen LogP contribution in [0.2, 0.25) is 0 Å². The normalized spacial score (nSPS) is 26.1. The van der Waals surface area contributed by atoms with Crippen LogP contribution in [0.15, 0.2) is 18.2 Å². The zero-order valence-corrected chi connectivity index (χ0v) is 11.5. The lowest BCUT2D eigenvalue weighted by Crippen LogP contribution is -2.28. The molecule has 2 nitrogen and oxygen atoms in total. The molecular formula is C16H20FNO. The highest BCUT2D eigenvalue weighted by Gasteiger charge is 2.40. The van der Waals surface area contributed by atoms with E-state index in [4.69, 9.17) is 0 Å². The molecule has 1 fully saturated rings. The Balaban J connectivity index is 1.87. The minimum Gasteiger partial charge on any atom is -0.323 e. The molecule has 1 heterocycles. The van der Waals surface area contributed by atoms with Crippen LogP contribution in [0.1, 0.15) is 51.0 Å². The van der Waals surface area contributed by atoms with Gasteiger partial charge in [-0.3, -0.25) is 4.79 Å². The number of nitrogens with one attached hydrogen (secondary N) is 1. The van der Waals surface area contributed by atoms with Crippen molar-refractivity contribution in [3.05, 3.63) is 29.6 Å². The molecule has 0 spiro atoms. The molecule has 3 heteroatoms. The molecule has 1 aliphatic carbocycles. The highest BCUT2D eigenvalue weighted by Crippen LogP contribution is 2.47. The third-order valence-corrected chi connectivity index (χ3v) is 4.77. The minimum absolute atomic E-state index is 0.0233. The number of hydrogen-bond acceptors (Lipinski definition) is 1. The van der Waals surface area contributed by atoms with Crippen molar-refractivity contribution in [3.8, 4) is 0 Å². The van der Waals surface area contributed by atoms with Crippen LogP contribution in [0, 0.1) is 17.2 Å². The fourth-order valence-electron chi connectivity index (χ4n) is 3.50.